The van der Waals surface area contributed by atoms with Crippen molar-refractivity contribution in [3.05, 3.63) is 46.4 Å². The minimum atomic E-state index is 1.01. The Labute approximate surface area is 97.2 Å². The van der Waals surface area contributed by atoms with Gasteiger partial charge in [-0.25, -0.2) is 0 Å². The predicted molar refractivity (Wildman–Crippen MR) is 68.3 cm³/mol. The zero-order chi connectivity index (χ0) is 10.7. The van der Waals surface area contributed by atoms with E-state index in [0.717, 1.165) is 25.9 Å². The number of thiol groups is 1. The first-order valence-electron chi connectivity index (χ1n) is 5.38. The highest BCUT2D eigenvalue weighted by Crippen LogP contribution is 2.23. The quantitative estimate of drug-likeness (QED) is 0.749. The van der Waals surface area contributed by atoms with Crippen LogP contribution in [0.1, 0.15) is 12.0 Å². The summed E-state index contributed by atoms with van der Waals surface area (Å²) < 4.78 is 0. The van der Waals surface area contributed by atoms with Crippen molar-refractivity contribution in [3.63, 3.8) is 0 Å². The number of rotatable bonds is 2. The molecule has 0 fully saturated rings. The summed E-state index contributed by atoms with van der Waals surface area (Å²) in [5.74, 6) is 0. The maximum atomic E-state index is 4.58. The Morgan fingerprint density at radius 3 is 2.67 bits per heavy atom. The number of nitrogens with zero attached hydrogens (tertiary/aromatic N) is 1. The average Bonchev–Trinajstić information content (AvgIpc) is 2.24. The van der Waals surface area contributed by atoms with Crippen molar-refractivity contribution in [3.8, 4) is 0 Å². The number of hydrogen-bond donors (Lipinski definition) is 1. The molecule has 0 bridgehead atoms. The van der Waals surface area contributed by atoms with Gasteiger partial charge in [-0.2, -0.15) is 0 Å². The van der Waals surface area contributed by atoms with E-state index in [4.69, 9.17) is 0 Å². The third kappa shape index (κ3) is 2.86. The van der Waals surface area contributed by atoms with E-state index in [2.05, 4.69) is 54.9 Å². The zero-order valence-electron chi connectivity index (χ0n) is 9.11. The summed E-state index contributed by atoms with van der Waals surface area (Å²) in [5.41, 5.74) is 2.89. The van der Waals surface area contributed by atoms with Crippen LogP contribution >= 0.6 is 12.6 Å². The molecule has 0 unspecified atom stereocenters. The lowest BCUT2D eigenvalue weighted by Gasteiger charge is -2.25. The van der Waals surface area contributed by atoms with Gasteiger partial charge in [-0.3, -0.25) is 0 Å². The first kappa shape index (κ1) is 10.8. The van der Waals surface area contributed by atoms with Crippen LogP contribution in [0.25, 0.3) is 0 Å². The number of benzene rings is 1. The van der Waals surface area contributed by atoms with Gasteiger partial charge in [0.25, 0.3) is 0 Å². The fourth-order valence-electron chi connectivity index (χ4n) is 1.95. The maximum absolute atomic E-state index is 4.58. The Hall–Kier alpha value is -0.730. The third-order valence-electron chi connectivity index (χ3n) is 2.88. The fraction of sp³-hybridized carbons (Fsp3) is 0.385. The first-order valence-corrected chi connectivity index (χ1v) is 5.83. The maximum Gasteiger partial charge on any atom is 0.0287 e. The summed E-state index contributed by atoms with van der Waals surface area (Å²) in [4.78, 5) is 3.57. The van der Waals surface area contributed by atoms with E-state index in [1.165, 1.54) is 16.0 Å². The molecule has 15 heavy (non-hydrogen) atoms. The summed E-state index contributed by atoms with van der Waals surface area (Å²) in [6, 6.07) is 10.6. The van der Waals surface area contributed by atoms with Gasteiger partial charge in [0, 0.05) is 13.1 Å². The standard InChI is InChI=1S/C13H17NS/c1-14-8-7-12(13(15)10-14)9-11-5-3-2-4-6-11/h2-6,15H,7-10H2,1H3. The molecule has 0 atom stereocenters. The molecule has 1 aliphatic rings. The summed E-state index contributed by atoms with van der Waals surface area (Å²) in [6.07, 6.45) is 2.22. The van der Waals surface area contributed by atoms with Crippen LogP contribution in [0.15, 0.2) is 40.8 Å². The second kappa shape index (κ2) is 4.86. The molecule has 1 aliphatic heterocycles. The predicted octanol–water partition coefficient (Wildman–Crippen LogP) is 2.75. The Bertz CT molecular complexity index is 356. The lowest BCUT2D eigenvalue weighted by molar-refractivity contribution is 0.354. The van der Waals surface area contributed by atoms with Gasteiger partial charge in [-0.15, -0.1) is 12.6 Å². The van der Waals surface area contributed by atoms with Crippen LogP contribution in [0.4, 0.5) is 0 Å². The lowest BCUT2D eigenvalue weighted by Crippen LogP contribution is -2.26. The highest BCUT2D eigenvalue weighted by Gasteiger charge is 2.13. The zero-order valence-corrected chi connectivity index (χ0v) is 10.0. The van der Waals surface area contributed by atoms with Crippen LogP contribution in [-0.2, 0) is 6.42 Å². The second-order valence-corrected chi connectivity index (χ2v) is 4.74. The largest absolute Gasteiger partial charge is 0.301 e. The Kier molecular flexibility index (Phi) is 3.49. The van der Waals surface area contributed by atoms with Crippen LogP contribution in [0.2, 0.25) is 0 Å². The topological polar surface area (TPSA) is 3.24 Å². The Morgan fingerprint density at radius 1 is 1.27 bits per heavy atom. The first-order chi connectivity index (χ1) is 7.25. The van der Waals surface area contributed by atoms with E-state index in [0.29, 0.717) is 0 Å². The van der Waals surface area contributed by atoms with Gasteiger partial charge in [0.15, 0.2) is 0 Å². The number of hydrogen-bond acceptors (Lipinski definition) is 2. The molecule has 2 heteroatoms. The van der Waals surface area contributed by atoms with Crippen molar-refractivity contribution in [2.45, 2.75) is 12.8 Å². The average molecular weight is 219 g/mol. The minimum Gasteiger partial charge on any atom is -0.301 e. The lowest BCUT2D eigenvalue weighted by atomic mass is 10.00. The molecule has 80 valence electrons. The van der Waals surface area contributed by atoms with Crippen molar-refractivity contribution < 1.29 is 0 Å². The second-order valence-electron chi connectivity index (χ2n) is 4.20. The molecule has 2 rings (SSSR count). The monoisotopic (exact) mass is 219 g/mol. The van der Waals surface area contributed by atoms with Crippen molar-refractivity contribution in [1.29, 1.82) is 0 Å². The van der Waals surface area contributed by atoms with E-state index in [1.54, 1.807) is 0 Å². The normalized spacial score (nSPS) is 18.3. The molecule has 1 aromatic rings. The van der Waals surface area contributed by atoms with E-state index < -0.39 is 0 Å². The fourth-order valence-corrected chi connectivity index (χ4v) is 2.38. The molecule has 0 amide bonds. The van der Waals surface area contributed by atoms with Crippen LogP contribution in [0.3, 0.4) is 0 Å². The van der Waals surface area contributed by atoms with Gasteiger partial charge >= 0.3 is 0 Å². The molecule has 1 nitrogen and oxygen atoms in total. The summed E-state index contributed by atoms with van der Waals surface area (Å²) in [5, 5.41) is 0. The molecular formula is C13H17NS. The van der Waals surface area contributed by atoms with Gasteiger partial charge in [0.05, 0.1) is 0 Å². The molecule has 0 spiro atoms. The summed E-state index contributed by atoms with van der Waals surface area (Å²) in [7, 11) is 2.15. The summed E-state index contributed by atoms with van der Waals surface area (Å²) >= 11 is 4.58. The van der Waals surface area contributed by atoms with E-state index in [-0.39, 0.29) is 0 Å². The Balaban J connectivity index is 2.09. The molecular weight excluding hydrogens is 202 g/mol. The molecule has 1 heterocycles. The molecule has 0 saturated heterocycles. The van der Waals surface area contributed by atoms with Crippen molar-refractivity contribution >= 4 is 12.6 Å². The molecule has 1 aromatic carbocycles. The molecule has 0 N–H and O–H groups in total. The van der Waals surface area contributed by atoms with Crippen molar-refractivity contribution in [2.24, 2.45) is 0 Å². The minimum absolute atomic E-state index is 1.01. The SMILES string of the molecule is CN1CCC(Cc2ccccc2)=C(S)C1. The van der Waals surface area contributed by atoms with E-state index in [9.17, 15) is 0 Å². The van der Waals surface area contributed by atoms with Crippen LogP contribution in [0.5, 0.6) is 0 Å². The molecule has 0 aromatic heterocycles. The highest BCUT2D eigenvalue weighted by molar-refractivity contribution is 7.84. The van der Waals surface area contributed by atoms with Gasteiger partial charge < -0.3 is 4.90 Å². The van der Waals surface area contributed by atoms with E-state index >= 15 is 0 Å². The van der Waals surface area contributed by atoms with Gasteiger partial charge in [-0.05, 0) is 30.4 Å². The molecule has 0 aliphatic carbocycles. The van der Waals surface area contributed by atoms with Crippen LogP contribution < -0.4 is 0 Å². The van der Waals surface area contributed by atoms with Gasteiger partial charge in [0.1, 0.15) is 0 Å². The van der Waals surface area contributed by atoms with E-state index in [1.807, 2.05) is 0 Å². The van der Waals surface area contributed by atoms with Crippen molar-refractivity contribution in [1.82, 2.24) is 4.90 Å². The van der Waals surface area contributed by atoms with Gasteiger partial charge in [-0.1, -0.05) is 35.9 Å². The molecule has 0 saturated carbocycles. The smallest absolute Gasteiger partial charge is 0.0287 e. The summed E-state index contributed by atoms with van der Waals surface area (Å²) in [6.45, 7) is 2.16. The molecule has 0 radical (unpaired) electrons. The van der Waals surface area contributed by atoms with Gasteiger partial charge in [0.2, 0.25) is 0 Å². The Morgan fingerprint density at radius 2 is 2.00 bits per heavy atom. The van der Waals surface area contributed by atoms with Crippen LogP contribution in [0, 0.1) is 0 Å². The van der Waals surface area contributed by atoms with Crippen molar-refractivity contribution in [2.75, 3.05) is 20.1 Å². The highest BCUT2D eigenvalue weighted by atomic mass is 32.1. The third-order valence-corrected chi connectivity index (χ3v) is 3.34. The number of likely N-dealkylation sites (N-methyl/N-ethyl adjacent to an activating group) is 1. The van der Waals surface area contributed by atoms with Crippen LogP contribution in [-0.4, -0.2) is 25.0 Å².